The standard InChI is InChI=1S/C11H11ClO3/c1-8(6-10-4-3-5-14-10)7-11(12)15-9(2)13/h3-7H,1-2H3/b8-6+,11-7+. The molecule has 3 nitrogen and oxygen atoms in total. The number of rotatable bonds is 3. The van der Waals surface area contributed by atoms with Gasteiger partial charge < -0.3 is 9.15 Å². The summed E-state index contributed by atoms with van der Waals surface area (Å²) in [7, 11) is 0. The highest BCUT2D eigenvalue weighted by atomic mass is 35.5. The normalized spacial score (nSPS) is 12.7. The van der Waals surface area contributed by atoms with Gasteiger partial charge >= 0.3 is 5.97 Å². The van der Waals surface area contributed by atoms with Crippen LogP contribution in [0.3, 0.4) is 0 Å². The molecule has 0 unspecified atom stereocenters. The third kappa shape index (κ3) is 4.51. The molecular formula is C11H11ClO3. The van der Waals surface area contributed by atoms with Crippen LogP contribution < -0.4 is 0 Å². The van der Waals surface area contributed by atoms with E-state index in [1.165, 1.54) is 6.92 Å². The van der Waals surface area contributed by atoms with Crippen LogP contribution >= 0.6 is 11.6 Å². The van der Waals surface area contributed by atoms with Gasteiger partial charge in [-0.3, -0.25) is 4.79 Å². The fraction of sp³-hybridized carbons (Fsp3) is 0.182. The molecule has 0 aliphatic heterocycles. The van der Waals surface area contributed by atoms with E-state index in [0.717, 1.165) is 11.3 Å². The van der Waals surface area contributed by atoms with Crippen molar-refractivity contribution in [3.05, 3.63) is 41.0 Å². The van der Waals surface area contributed by atoms with Gasteiger partial charge in [-0.05, 0) is 48.4 Å². The topological polar surface area (TPSA) is 39.4 Å². The lowest BCUT2D eigenvalue weighted by molar-refractivity contribution is -0.135. The molecule has 0 fully saturated rings. The molecule has 0 aromatic carbocycles. The number of ether oxygens (including phenoxy) is 1. The molecule has 0 saturated heterocycles. The van der Waals surface area contributed by atoms with Gasteiger partial charge in [0.2, 0.25) is 0 Å². The molecule has 15 heavy (non-hydrogen) atoms. The summed E-state index contributed by atoms with van der Waals surface area (Å²) in [4.78, 5) is 10.6. The molecule has 4 heteroatoms. The van der Waals surface area contributed by atoms with E-state index in [-0.39, 0.29) is 5.22 Å². The minimum Gasteiger partial charge on any atom is -0.465 e. The van der Waals surface area contributed by atoms with Crippen LogP contribution in [-0.4, -0.2) is 5.97 Å². The molecule has 1 aromatic heterocycles. The predicted molar refractivity (Wildman–Crippen MR) is 58.1 cm³/mol. The first-order valence-electron chi connectivity index (χ1n) is 4.35. The van der Waals surface area contributed by atoms with E-state index >= 15 is 0 Å². The Labute approximate surface area is 93.0 Å². The van der Waals surface area contributed by atoms with Gasteiger partial charge in [0.1, 0.15) is 5.76 Å². The Balaban J connectivity index is 2.69. The summed E-state index contributed by atoms with van der Waals surface area (Å²) < 4.78 is 9.77. The predicted octanol–water partition coefficient (Wildman–Crippen LogP) is 3.33. The Kier molecular flexibility index (Phi) is 4.18. The Morgan fingerprint density at radius 3 is 2.80 bits per heavy atom. The van der Waals surface area contributed by atoms with Crippen LogP contribution in [0.15, 0.2) is 39.7 Å². The molecule has 0 saturated carbocycles. The van der Waals surface area contributed by atoms with E-state index in [1.54, 1.807) is 24.5 Å². The molecular weight excluding hydrogens is 216 g/mol. The van der Waals surface area contributed by atoms with Crippen LogP contribution in [-0.2, 0) is 9.53 Å². The van der Waals surface area contributed by atoms with E-state index in [9.17, 15) is 4.79 Å². The van der Waals surface area contributed by atoms with Crippen LogP contribution in [0, 0.1) is 0 Å². The first-order chi connectivity index (χ1) is 7.08. The summed E-state index contributed by atoms with van der Waals surface area (Å²) in [5, 5.41) is 0.0443. The number of esters is 1. The lowest BCUT2D eigenvalue weighted by Crippen LogP contribution is -1.94. The molecule has 0 spiro atoms. The number of halogens is 1. The average Bonchev–Trinajstić information content (AvgIpc) is 2.53. The van der Waals surface area contributed by atoms with Crippen molar-refractivity contribution in [3.8, 4) is 0 Å². The third-order valence-electron chi connectivity index (χ3n) is 1.50. The summed E-state index contributed by atoms with van der Waals surface area (Å²) in [6, 6.07) is 3.60. The summed E-state index contributed by atoms with van der Waals surface area (Å²) >= 11 is 5.66. The maximum atomic E-state index is 10.6. The van der Waals surface area contributed by atoms with E-state index in [4.69, 9.17) is 16.0 Å². The maximum Gasteiger partial charge on any atom is 0.308 e. The second kappa shape index (κ2) is 5.41. The Morgan fingerprint density at radius 2 is 2.27 bits per heavy atom. The van der Waals surface area contributed by atoms with Crippen molar-refractivity contribution in [1.29, 1.82) is 0 Å². The highest BCUT2D eigenvalue weighted by Gasteiger charge is 1.98. The van der Waals surface area contributed by atoms with Gasteiger partial charge in [-0.2, -0.15) is 0 Å². The molecule has 0 aliphatic carbocycles. The molecule has 0 atom stereocenters. The number of carbonyl (C=O) groups is 1. The lowest BCUT2D eigenvalue weighted by atomic mass is 10.2. The third-order valence-corrected chi connectivity index (χ3v) is 1.68. The number of furan rings is 1. The van der Waals surface area contributed by atoms with Crippen molar-refractivity contribution >= 4 is 23.6 Å². The van der Waals surface area contributed by atoms with E-state index in [2.05, 4.69) is 4.74 Å². The van der Waals surface area contributed by atoms with Gasteiger partial charge in [0.05, 0.1) is 6.26 Å². The quantitative estimate of drug-likeness (QED) is 0.451. The molecule has 1 aromatic rings. The van der Waals surface area contributed by atoms with Crippen molar-refractivity contribution in [2.45, 2.75) is 13.8 Å². The number of allylic oxidation sites excluding steroid dienone is 2. The van der Waals surface area contributed by atoms with Crippen LogP contribution in [0.5, 0.6) is 0 Å². The second-order valence-corrected chi connectivity index (χ2v) is 3.32. The molecule has 0 N–H and O–H groups in total. The van der Waals surface area contributed by atoms with Crippen LogP contribution in [0.25, 0.3) is 6.08 Å². The molecule has 1 heterocycles. The van der Waals surface area contributed by atoms with Gasteiger partial charge in [0.25, 0.3) is 0 Å². The van der Waals surface area contributed by atoms with Gasteiger partial charge in [-0.1, -0.05) is 0 Å². The number of hydrogen-bond acceptors (Lipinski definition) is 3. The summed E-state index contributed by atoms with van der Waals surface area (Å²) in [5.74, 6) is 0.276. The van der Waals surface area contributed by atoms with Crippen molar-refractivity contribution < 1.29 is 13.9 Å². The van der Waals surface area contributed by atoms with Crippen LogP contribution in [0.2, 0.25) is 0 Å². The van der Waals surface area contributed by atoms with Crippen molar-refractivity contribution in [3.63, 3.8) is 0 Å². The van der Waals surface area contributed by atoms with Gasteiger partial charge in [-0.15, -0.1) is 0 Å². The Morgan fingerprint density at radius 1 is 1.53 bits per heavy atom. The van der Waals surface area contributed by atoms with Crippen LogP contribution in [0.1, 0.15) is 19.6 Å². The number of carbonyl (C=O) groups excluding carboxylic acids is 1. The highest BCUT2D eigenvalue weighted by molar-refractivity contribution is 6.29. The highest BCUT2D eigenvalue weighted by Crippen LogP contribution is 2.12. The largest absolute Gasteiger partial charge is 0.465 e. The van der Waals surface area contributed by atoms with Crippen molar-refractivity contribution in [2.75, 3.05) is 0 Å². The smallest absolute Gasteiger partial charge is 0.308 e. The second-order valence-electron chi connectivity index (χ2n) is 2.95. The molecule has 0 aliphatic rings. The van der Waals surface area contributed by atoms with Gasteiger partial charge in [0.15, 0.2) is 5.22 Å². The Bertz CT molecular complexity index is 388. The van der Waals surface area contributed by atoms with E-state index < -0.39 is 5.97 Å². The monoisotopic (exact) mass is 226 g/mol. The van der Waals surface area contributed by atoms with Crippen molar-refractivity contribution in [2.24, 2.45) is 0 Å². The molecule has 0 bridgehead atoms. The lowest BCUT2D eigenvalue weighted by Gasteiger charge is -1.97. The van der Waals surface area contributed by atoms with Gasteiger partial charge in [0, 0.05) is 6.92 Å². The Hall–Kier alpha value is -1.48. The SMILES string of the molecule is CC(=O)O/C(Cl)=C/C(C)=C/c1ccco1. The van der Waals surface area contributed by atoms with E-state index in [0.29, 0.717) is 0 Å². The minimum absolute atomic E-state index is 0.0443. The van der Waals surface area contributed by atoms with E-state index in [1.807, 2.05) is 13.0 Å². The number of hydrogen-bond donors (Lipinski definition) is 0. The van der Waals surface area contributed by atoms with Crippen LogP contribution in [0.4, 0.5) is 0 Å². The average molecular weight is 227 g/mol. The summed E-state index contributed by atoms with van der Waals surface area (Å²) in [6.07, 6.45) is 4.91. The van der Waals surface area contributed by atoms with Gasteiger partial charge in [-0.25, -0.2) is 0 Å². The summed E-state index contributed by atoms with van der Waals surface area (Å²) in [5.41, 5.74) is 0.830. The fourth-order valence-corrected chi connectivity index (χ4v) is 1.27. The zero-order valence-electron chi connectivity index (χ0n) is 8.49. The fourth-order valence-electron chi connectivity index (χ4n) is 0.985. The zero-order valence-corrected chi connectivity index (χ0v) is 9.25. The molecule has 1 rings (SSSR count). The minimum atomic E-state index is -0.443. The molecule has 80 valence electrons. The van der Waals surface area contributed by atoms with Crippen molar-refractivity contribution in [1.82, 2.24) is 0 Å². The summed E-state index contributed by atoms with van der Waals surface area (Å²) in [6.45, 7) is 3.12. The first kappa shape index (κ1) is 11.6. The zero-order chi connectivity index (χ0) is 11.3. The maximum absolute atomic E-state index is 10.6. The molecule has 0 amide bonds. The first-order valence-corrected chi connectivity index (χ1v) is 4.73. The molecule has 0 radical (unpaired) electrons.